The molecule has 1 aliphatic rings. The Hall–Kier alpha value is -2.99. The van der Waals surface area contributed by atoms with E-state index in [1.54, 1.807) is 30.3 Å². The van der Waals surface area contributed by atoms with E-state index in [9.17, 15) is 17.9 Å². The summed E-state index contributed by atoms with van der Waals surface area (Å²) in [5, 5.41) is 9.56. The Morgan fingerprint density at radius 1 is 1.26 bits per heavy atom. The van der Waals surface area contributed by atoms with Gasteiger partial charge in [0, 0.05) is 31.3 Å². The Balaban J connectivity index is 0.000000248. The number of rotatable bonds is 6. The molecule has 4 rings (SSSR count). The molecular formula is C23H28FN3O6S. The number of aliphatic hydroxyl groups excluding tert-OH is 1. The predicted octanol–water partition coefficient (Wildman–Crippen LogP) is 3.22. The van der Waals surface area contributed by atoms with E-state index in [1.165, 1.54) is 12.1 Å². The van der Waals surface area contributed by atoms with E-state index < -0.39 is 10.1 Å². The lowest BCUT2D eigenvalue weighted by Gasteiger charge is -2.27. The first kappa shape index (κ1) is 25.6. The maximum absolute atomic E-state index is 12.5. The lowest BCUT2D eigenvalue weighted by Crippen LogP contribution is -2.35. The first-order valence-corrected chi connectivity index (χ1v) is 12.1. The van der Waals surface area contributed by atoms with Crippen molar-refractivity contribution in [2.75, 3.05) is 31.1 Å². The topological polar surface area (TPSA) is 139 Å². The first-order chi connectivity index (χ1) is 16.2. The third-order valence-electron chi connectivity index (χ3n) is 5.24. The Labute approximate surface area is 197 Å². The number of oxazole rings is 1. The summed E-state index contributed by atoms with van der Waals surface area (Å²) >= 11 is 0. The molecule has 1 aromatic heterocycles. The summed E-state index contributed by atoms with van der Waals surface area (Å²) in [4.78, 5) is 6.41. The van der Waals surface area contributed by atoms with Crippen LogP contribution >= 0.6 is 0 Å². The van der Waals surface area contributed by atoms with Crippen molar-refractivity contribution in [2.45, 2.75) is 30.8 Å². The maximum Gasteiger partial charge on any atom is 0.298 e. The van der Waals surface area contributed by atoms with Crippen molar-refractivity contribution in [1.29, 1.82) is 0 Å². The molecule has 0 aliphatic carbocycles. The third kappa shape index (κ3) is 7.00. The van der Waals surface area contributed by atoms with Gasteiger partial charge in [-0.05, 0) is 44.0 Å². The van der Waals surface area contributed by atoms with Gasteiger partial charge in [0.1, 0.15) is 17.9 Å². The summed E-state index contributed by atoms with van der Waals surface area (Å²) in [6.07, 6.45) is 1.65. The van der Waals surface area contributed by atoms with Gasteiger partial charge in [0.25, 0.3) is 16.1 Å². The Kier molecular flexibility index (Phi) is 8.61. The molecule has 9 nitrogen and oxygen atoms in total. The number of benzene rings is 2. The third-order valence-corrected chi connectivity index (χ3v) is 6.11. The maximum atomic E-state index is 12.5. The number of nitrogens with two attached hydrogens (primary N) is 1. The van der Waals surface area contributed by atoms with Gasteiger partial charge in [-0.25, -0.2) is 4.39 Å². The highest BCUT2D eigenvalue weighted by Crippen LogP contribution is 2.27. The highest BCUT2D eigenvalue weighted by atomic mass is 32.2. The van der Waals surface area contributed by atoms with Gasteiger partial charge in [0.05, 0.1) is 17.3 Å². The van der Waals surface area contributed by atoms with E-state index in [0.29, 0.717) is 42.1 Å². The molecule has 2 aromatic carbocycles. The van der Waals surface area contributed by atoms with Crippen LogP contribution in [0.15, 0.2) is 63.7 Å². The van der Waals surface area contributed by atoms with Gasteiger partial charge in [-0.2, -0.15) is 13.4 Å². The second-order valence-electron chi connectivity index (χ2n) is 7.89. The molecule has 34 heavy (non-hydrogen) atoms. The minimum absolute atomic E-state index is 0.0666. The summed E-state index contributed by atoms with van der Waals surface area (Å²) in [5.41, 5.74) is 8.08. The van der Waals surface area contributed by atoms with Gasteiger partial charge in [0.2, 0.25) is 0 Å². The number of piperidine rings is 1. The van der Waals surface area contributed by atoms with Gasteiger partial charge < -0.3 is 24.9 Å². The van der Waals surface area contributed by atoms with Gasteiger partial charge in [0.15, 0.2) is 5.58 Å². The van der Waals surface area contributed by atoms with Gasteiger partial charge in [-0.15, -0.1) is 0 Å². The summed E-state index contributed by atoms with van der Waals surface area (Å²) < 4.78 is 53.3. The number of aromatic nitrogens is 1. The van der Waals surface area contributed by atoms with E-state index in [4.69, 9.17) is 19.4 Å². The number of nitrogens with zero attached hydrogens (tertiary/aromatic N) is 2. The smallest absolute Gasteiger partial charge is 0.298 e. The predicted molar refractivity (Wildman–Crippen MR) is 126 cm³/mol. The van der Waals surface area contributed by atoms with Crippen LogP contribution in [0.3, 0.4) is 0 Å². The molecular weight excluding hydrogens is 465 g/mol. The van der Waals surface area contributed by atoms with Crippen LogP contribution in [-0.4, -0.2) is 55.4 Å². The Bertz CT molecular complexity index is 1220. The van der Waals surface area contributed by atoms with Crippen LogP contribution in [0, 0.1) is 6.92 Å². The fourth-order valence-electron chi connectivity index (χ4n) is 3.20. The van der Waals surface area contributed by atoms with Crippen molar-refractivity contribution in [3.8, 4) is 5.75 Å². The molecule has 11 heteroatoms. The van der Waals surface area contributed by atoms with E-state index in [0.717, 1.165) is 24.2 Å². The van der Waals surface area contributed by atoms with Crippen LogP contribution in [0.5, 0.6) is 5.75 Å². The van der Waals surface area contributed by atoms with Crippen molar-refractivity contribution < 1.29 is 31.6 Å². The van der Waals surface area contributed by atoms with Crippen molar-refractivity contribution in [1.82, 2.24) is 4.98 Å². The van der Waals surface area contributed by atoms with Gasteiger partial charge in [-0.1, -0.05) is 17.7 Å². The standard InChI is InChI=1S/C16H20FN3O3.C7H8O3S/c17-8-11(9-18)10-22-13-1-2-14-15(7-13)23-16(19-14)20-5-3-12(21)4-6-20;1-6-2-4-7(5-3-6)11(8,9)10/h1-2,7-8,12,21H,3-6,9-10,18H2;2-5H,1H3,(H,8,9,10). The zero-order valence-electron chi connectivity index (χ0n) is 18.7. The second-order valence-corrected chi connectivity index (χ2v) is 9.31. The molecule has 0 amide bonds. The quantitative estimate of drug-likeness (QED) is 0.442. The number of hydrogen-bond acceptors (Lipinski definition) is 8. The van der Waals surface area contributed by atoms with Crippen LogP contribution in [0.25, 0.3) is 11.1 Å². The summed E-state index contributed by atoms with van der Waals surface area (Å²) in [7, 11) is -4.02. The van der Waals surface area contributed by atoms with Gasteiger partial charge >= 0.3 is 0 Å². The number of hydrogen-bond donors (Lipinski definition) is 3. The number of fused-ring (bicyclic) bond motifs is 1. The number of anilines is 1. The number of ether oxygens (including phenoxy) is 1. The normalized spacial score (nSPS) is 15.2. The van der Waals surface area contributed by atoms with E-state index in [1.807, 2.05) is 11.8 Å². The van der Waals surface area contributed by atoms with Crippen molar-refractivity contribution >= 4 is 27.2 Å². The molecule has 0 radical (unpaired) electrons. The molecule has 1 aliphatic heterocycles. The largest absolute Gasteiger partial charge is 0.489 e. The summed E-state index contributed by atoms with van der Waals surface area (Å²) in [5.74, 6) is 0.571. The van der Waals surface area contributed by atoms with Crippen LogP contribution in [0.4, 0.5) is 10.4 Å². The summed E-state index contributed by atoms with van der Waals surface area (Å²) in [6.45, 7) is 3.50. The molecule has 4 N–H and O–H groups in total. The number of aryl methyl sites for hydroxylation is 1. The molecule has 1 saturated heterocycles. The SMILES string of the molecule is Cc1ccc(S(=O)(=O)O)cc1.NCC(=CF)COc1ccc2nc(N3CCC(O)CC3)oc2c1. The minimum Gasteiger partial charge on any atom is -0.489 e. The lowest BCUT2D eigenvalue weighted by atomic mass is 10.1. The van der Waals surface area contributed by atoms with Crippen molar-refractivity contribution in [2.24, 2.45) is 5.73 Å². The van der Waals surface area contributed by atoms with Crippen LogP contribution in [0.1, 0.15) is 18.4 Å². The van der Waals surface area contributed by atoms with Crippen molar-refractivity contribution in [3.05, 3.63) is 59.9 Å². The molecule has 2 heterocycles. The molecule has 184 valence electrons. The zero-order valence-corrected chi connectivity index (χ0v) is 19.5. The fourth-order valence-corrected chi connectivity index (χ4v) is 3.68. The Morgan fingerprint density at radius 3 is 2.53 bits per heavy atom. The first-order valence-electron chi connectivity index (χ1n) is 10.7. The zero-order chi connectivity index (χ0) is 24.7. The van der Waals surface area contributed by atoms with E-state index in [-0.39, 0.29) is 24.2 Å². The second kappa shape index (κ2) is 11.4. The highest BCUT2D eigenvalue weighted by Gasteiger charge is 2.21. The van der Waals surface area contributed by atoms with E-state index >= 15 is 0 Å². The average Bonchev–Trinajstić information content (AvgIpc) is 3.24. The average molecular weight is 494 g/mol. The summed E-state index contributed by atoms with van der Waals surface area (Å²) in [6, 6.07) is 11.8. The highest BCUT2D eigenvalue weighted by molar-refractivity contribution is 7.85. The minimum atomic E-state index is -4.02. The molecule has 0 saturated carbocycles. The number of aliphatic hydroxyl groups is 1. The fraction of sp³-hybridized carbons (Fsp3) is 0.348. The van der Waals surface area contributed by atoms with Crippen LogP contribution < -0.4 is 15.4 Å². The monoisotopic (exact) mass is 493 g/mol. The van der Waals surface area contributed by atoms with Crippen LogP contribution in [0.2, 0.25) is 0 Å². The molecule has 0 unspecified atom stereocenters. The molecule has 3 aromatic rings. The van der Waals surface area contributed by atoms with Gasteiger partial charge in [-0.3, -0.25) is 4.55 Å². The van der Waals surface area contributed by atoms with Crippen LogP contribution in [-0.2, 0) is 10.1 Å². The molecule has 0 bridgehead atoms. The van der Waals surface area contributed by atoms with Crippen molar-refractivity contribution in [3.63, 3.8) is 0 Å². The van der Waals surface area contributed by atoms with E-state index in [2.05, 4.69) is 4.98 Å². The molecule has 0 spiro atoms. The lowest BCUT2D eigenvalue weighted by molar-refractivity contribution is 0.144. The molecule has 0 atom stereocenters. The molecule has 1 fully saturated rings. The number of halogens is 1. The Morgan fingerprint density at radius 2 is 1.94 bits per heavy atom.